The van der Waals surface area contributed by atoms with Crippen molar-refractivity contribution in [3.8, 4) is 5.75 Å². The van der Waals surface area contributed by atoms with E-state index in [0.29, 0.717) is 37.5 Å². The van der Waals surface area contributed by atoms with E-state index in [0.717, 1.165) is 22.4 Å². The summed E-state index contributed by atoms with van der Waals surface area (Å²) in [6, 6.07) is 12.6. The van der Waals surface area contributed by atoms with Crippen LogP contribution in [0, 0.1) is 13.8 Å². The summed E-state index contributed by atoms with van der Waals surface area (Å²) in [6.07, 6.45) is 0.301. The molecule has 0 atom stereocenters. The lowest BCUT2D eigenvalue weighted by molar-refractivity contribution is -0.131. The number of nitrogens with zero attached hydrogens (tertiary/aromatic N) is 2. The Morgan fingerprint density at radius 3 is 2.21 bits per heavy atom. The average molecular weight is 403 g/mol. The number of benzene rings is 2. The topological polar surface area (TPSA) is 66.9 Å². The van der Waals surface area contributed by atoms with Gasteiger partial charge in [-0.15, -0.1) is 0 Å². The number of hydrogen-bond donors (Lipinski definition) is 0. The summed E-state index contributed by atoms with van der Waals surface area (Å²) in [5.74, 6) is 0.808. The van der Waals surface area contributed by atoms with Gasteiger partial charge >= 0.3 is 0 Å². The van der Waals surface area contributed by atoms with E-state index in [1.54, 1.807) is 36.3 Å². The molecule has 7 heteroatoms. The zero-order chi connectivity index (χ0) is 20.3. The smallest absolute Gasteiger partial charge is 0.243 e. The fraction of sp³-hybridized carbons (Fsp3) is 0.381. The third-order valence-electron chi connectivity index (χ3n) is 5.06. The van der Waals surface area contributed by atoms with Gasteiger partial charge in [0.1, 0.15) is 5.75 Å². The van der Waals surface area contributed by atoms with Crippen LogP contribution < -0.4 is 4.74 Å². The maximum absolute atomic E-state index is 12.8. The third-order valence-corrected chi connectivity index (χ3v) is 6.98. The second-order valence-corrected chi connectivity index (χ2v) is 9.02. The highest BCUT2D eigenvalue weighted by molar-refractivity contribution is 7.89. The number of carbonyl (C=O) groups is 1. The first-order valence-electron chi connectivity index (χ1n) is 9.29. The van der Waals surface area contributed by atoms with Crippen LogP contribution in [-0.2, 0) is 21.2 Å². The molecule has 0 N–H and O–H groups in total. The lowest BCUT2D eigenvalue weighted by Gasteiger charge is -2.34. The summed E-state index contributed by atoms with van der Waals surface area (Å²) < 4.78 is 32.3. The molecule has 0 aromatic heterocycles. The van der Waals surface area contributed by atoms with Gasteiger partial charge in [-0.1, -0.05) is 29.8 Å². The normalized spacial score (nSPS) is 15.5. The van der Waals surface area contributed by atoms with Gasteiger partial charge in [0.15, 0.2) is 0 Å². The lowest BCUT2D eigenvalue weighted by Crippen LogP contribution is -2.50. The summed E-state index contributed by atoms with van der Waals surface area (Å²) in [5, 5.41) is 0. The highest BCUT2D eigenvalue weighted by Gasteiger charge is 2.30. The van der Waals surface area contributed by atoms with Gasteiger partial charge in [-0.3, -0.25) is 4.79 Å². The summed E-state index contributed by atoms with van der Waals surface area (Å²) in [6.45, 7) is 5.29. The van der Waals surface area contributed by atoms with Crippen LogP contribution in [0.15, 0.2) is 47.4 Å². The molecule has 1 amide bonds. The highest BCUT2D eigenvalue weighted by atomic mass is 32.2. The molecule has 0 unspecified atom stereocenters. The number of methoxy groups -OCH3 is 1. The SMILES string of the molecule is COc1ccc(CC(=O)N2CCN(S(=O)(=O)c3ccc(C)cc3)CC2)cc1C. The van der Waals surface area contributed by atoms with Crippen LogP contribution in [0.2, 0.25) is 0 Å². The average Bonchev–Trinajstić information content (AvgIpc) is 2.68. The second kappa shape index (κ2) is 8.32. The summed E-state index contributed by atoms with van der Waals surface area (Å²) in [7, 11) is -1.90. The zero-order valence-corrected chi connectivity index (χ0v) is 17.3. The van der Waals surface area contributed by atoms with Crippen LogP contribution >= 0.6 is 0 Å². The predicted molar refractivity (Wildman–Crippen MR) is 108 cm³/mol. The fourth-order valence-corrected chi connectivity index (χ4v) is 4.80. The van der Waals surface area contributed by atoms with E-state index in [1.807, 2.05) is 32.0 Å². The lowest BCUT2D eigenvalue weighted by atomic mass is 10.1. The number of sulfonamides is 1. The van der Waals surface area contributed by atoms with Crippen molar-refractivity contribution in [3.63, 3.8) is 0 Å². The van der Waals surface area contributed by atoms with Crippen LogP contribution in [0.1, 0.15) is 16.7 Å². The summed E-state index contributed by atoms with van der Waals surface area (Å²) in [4.78, 5) is 14.7. The molecule has 1 saturated heterocycles. The van der Waals surface area contributed by atoms with E-state index >= 15 is 0 Å². The minimum atomic E-state index is -3.52. The number of hydrogen-bond acceptors (Lipinski definition) is 4. The molecule has 0 saturated carbocycles. The van der Waals surface area contributed by atoms with Gasteiger partial charge in [-0.05, 0) is 43.2 Å². The van der Waals surface area contributed by atoms with Crippen molar-refractivity contribution in [3.05, 3.63) is 59.2 Å². The van der Waals surface area contributed by atoms with Crippen molar-refractivity contribution >= 4 is 15.9 Å². The Balaban J connectivity index is 1.61. The van der Waals surface area contributed by atoms with Gasteiger partial charge in [0.25, 0.3) is 0 Å². The molecule has 0 aliphatic carbocycles. The number of carbonyl (C=O) groups excluding carboxylic acids is 1. The van der Waals surface area contributed by atoms with E-state index in [2.05, 4.69) is 0 Å². The third kappa shape index (κ3) is 4.36. The Labute approximate surface area is 166 Å². The van der Waals surface area contributed by atoms with Crippen molar-refractivity contribution in [2.24, 2.45) is 0 Å². The molecule has 1 fully saturated rings. The van der Waals surface area contributed by atoms with Gasteiger partial charge in [0.2, 0.25) is 15.9 Å². The Morgan fingerprint density at radius 2 is 1.64 bits per heavy atom. The molecule has 0 bridgehead atoms. The number of rotatable bonds is 5. The maximum atomic E-state index is 12.8. The Kier molecular flexibility index (Phi) is 6.05. The van der Waals surface area contributed by atoms with Gasteiger partial charge in [0, 0.05) is 26.2 Å². The van der Waals surface area contributed by atoms with Crippen LogP contribution in [-0.4, -0.2) is 56.8 Å². The van der Waals surface area contributed by atoms with Crippen LogP contribution in [0.25, 0.3) is 0 Å². The van der Waals surface area contributed by atoms with Crippen molar-refractivity contribution in [1.82, 2.24) is 9.21 Å². The number of piperazine rings is 1. The molecule has 6 nitrogen and oxygen atoms in total. The summed E-state index contributed by atoms with van der Waals surface area (Å²) in [5.41, 5.74) is 2.93. The number of ether oxygens (including phenoxy) is 1. The molecule has 150 valence electrons. The van der Waals surface area contributed by atoms with Gasteiger partial charge in [-0.25, -0.2) is 8.42 Å². The first-order chi connectivity index (χ1) is 13.3. The molecule has 0 spiro atoms. The Hall–Kier alpha value is -2.38. The van der Waals surface area contributed by atoms with Gasteiger partial charge < -0.3 is 9.64 Å². The largest absolute Gasteiger partial charge is 0.496 e. The molecular formula is C21H26N2O4S. The fourth-order valence-electron chi connectivity index (χ4n) is 3.37. The van der Waals surface area contributed by atoms with Crippen molar-refractivity contribution < 1.29 is 17.9 Å². The monoisotopic (exact) mass is 402 g/mol. The van der Waals surface area contributed by atoms with Crippen molar-refractivity contribution in [2.45, 2.75) is 25.2 Å². The Bertz CT molecular complexity index is 947. The standard InChI is InChI=1S/C21H26N2O4S/c1-16-4-7-19(8-5-16)28(25,26)23-12-10-22(11-13-23)21(24)15-18-6-9-20(27-3)17(2)14-18/h4-9,14H,10-13,15H2,1-3H3. The Morgan fingerprint density at radius 1 is 1.00 bits per heavy atom. The first-order valence-corrected chi connectivity index (χ1v) is 10.7. The molecule has 28 heavy (non-hydrogen) atoms. The van der Waals surface area contributed by atoms with Crippen molar-refractivity contribution in [2.75, 3.05) is 33.3 Å². The van der Waals surface area contributed by atoms with Crippen LogP contribution in [0.3, 0.4) is 0 Å². The maximum Gasteiger partial charge on any atom is 0.243 e. The second-order valence-electron chi connectivity index (χ2n) is 7.08. The molecular weight excluding hydrogens is 376 g/mol. The minimum Gasteiger partial charge on any atom is -0.496 e. The molecule has 1 aliphatic rings. The molecule has 2 aromatic rings. The van der Waals surface area contributed by atoms with E-state index in [1.165, 1.54) is 4.31 Å². The van der Waals surface area contributed by atoms with Crippen LogP contribution in [0.5, 0.6) is 5.75 Å². The molecule has 3 rings (SSSR count). The van der Waals surface area contributed by atoms with Crippen LogP contribution in [0.4, 0.5) is 0 Å². The van der Waals surface area contributed by atoms with E-state index in [9.17, 15) is 13.2 Å². The predicted octanol–water partition coefficient (Wildman–Crippen LogP) is 2.39. The molecule has 1 aliphatic heterocycles. The molecule has 1 heterocycles. The van der Waals surface area contributed by atoms with Gasteiger partial charge in [0.05, 0.1) is 18.4 Å². The number of aryl methyl sites for hydroxylation is 2. The number of amides is 1. The highest BCUT2D eigenvalue weighted by Crippen LogP contribution is 2.21. The van der Waals surface area contributed by atoms with E-state index in [-0.39, 0.29) is 5.91 Å². The quantitative estimate of drug-likeness (QED) is 0.770. The van der Waals surface area contributed by atoms with E-state index < -0.39 is 10.0 Å². The minimum absolute atomic E-state index is 0.0111. The molecule has 2 aromatic carbocycles. The van der Waals surface area contributed by atoms with Gasteiger partial charge in [-0.2, -0.15) is 4.31 Å². The van der Waals surface area contributed by atoms with Crippen molar-refractivity contribution in [1.29, 1.82) is 0 Å². The van der Waals surface area contributed by atoms with E-state index in [4.69, 9.17) is 4.74 Å². The zero-order valence-electron chi connectivity index (χ0n) is 16.5. The summed E-state index contributed by atoms with van der Waals surface area (Å²) >= 11 is 0. The first kappa shape index (κ1) is 20.4. The molecule has 0 radical (unpaired) electrons.